The number of benzene rings is 1. The van der Waals surface area contributed by atoms with Crippen molar-refractivity contribution in [3.05, 3.63) is 28.8 Å². The third-order valence-corrected chi connectivity index (χ3v) is 2.23. The molecule has 76 valence electrons. The number of nitrogens with two attached hydrogens (primary N) is 1. The van der Waals surface area contributed by atoms with Crippen LogP contribution in [0.25, 0.3) is 0 Å². The summed E-state index contributed by atoms with van der Waals surface area (Å²) < 4.78 is 0. The molecule has 0 fully saturated rings. The van der Waals surface area contributed by atoms with Crippen LogP contribution in [0.4, 0.5) is 5.69 Å². The Hall–Kier alpha value is -1.06. The van der Waals surface area contributed by atoms with Gasteiger partial charge < -0.3 is 11.1 Å². The first-order chi connectivity index (χ1) is 6.67. The number of hydrogen-bond acceptors (Lipinski definition) is 2. The highest BCUT2D eigenvalue weighted by Gasteiger charge is 2.02. The summed E-state index contributed by atoms with van der Waals surface area (Å²) in [6, 6.07) is 5.31. The third-order valence-electron chi connectivity index (χ3n) is 1.88. The van der Waals surface area contributed by atoms with Crippen molar-refractivity contribution >= 4 is 23.2 Å². The SMILES string of the molecule is CCC(=O)Nc1ccc(CN)c(Cl)c1. The summed E-state index contributed by atoms with van der Waals surface area (Å²) in [7, 11) is 0. The third kappa shape index (κ3) is 2.72. The van der Waals surface area contributed by atoms with Crippen LogP contribution in [0.3, 0.4) is 0 Å². The van der Waals surface area contributed by atoms with Crippen LogP contribution in [0.5, 0.6) is 0 Å². The van der Waals surface area contributed by atoms with Gasteiger partial charge in [0.05, 0.1) is 0 Å². The molecule has 0 aliphatic rings. The molecule has 0 aliphatic carbocycles. The van der Waals surface area contributed by atoms with E-state index >= 15 is 0 Å². The van der Waals surface area contributed by atoms with E-state index in [9.17, 15) is 4.79 Å². The van der Waals surface area contributed by atoms with Gasteiger partial charge in [0, 0.05) is 23.7 Å². The molecule has 0 spiro atoms. The second-order valence-corrected chi connectivity index (χ2v) is 3.32. The number of halogens is 1. The standard InChI is InChI=1S/C10H13ClN2O/c1-2-10(14)13-8-4-3-7(6-12)9(11)5-8/h3-5H,2,6,12H2,1H3,(H,13,14). The highest BCUT2D eigenvalue weighted by molar-refractivity contribution is 6.31. The van der Waals surface area contributed by atoms with Gasteiger partial charge in [-0.3, -0.25) is 4.79 Å². The molecule has 0 aliphatic heterocycles. The topological polar surface area (TPSA) is 55.1 Å². The first kappa shape index (κ1) is 11.0. The molecule has 0 heterocycles. The number of anilines is 1. The van der Waals surface area contributed by atoms with Gasteiger partial charge in [-0.25, -0.2) is 0 Å². The zero-order valence-corrected chi connectivity index (χ0v) is 8.77. The van der Waals surface area contributed by atoms with Crippen molar-refractivity contribution in [1.82, 2.24) is 0 Å². The van der Waals surface area contributed by atoms with Gasteiger partial charge in [0.25, 0.3) is 0 Å². The zero-order valence-electron chi connectivity index (χ0n) is 8.01. The average Bonchev–Trinajstić information content (AvgIpc) is 2.18. The van der Waals surface area contributed by atoms with E-state index < -0.39 is 0 Å². The Kier molecular flexibility index (Phi) is 3.92. The van der Waals surface area contributed by atoms with Crippen molar-refractivity contribution in [3.63, 3.8) is 0 Å². The van der Waals surface area contributed by atoms with Crippen LogP contribution >= 0.6 is 11.6 Å². The van der Waals surface area contributed by atoms with Crippen molar-refractivity contribution < 1.29 is 4.79 Å². The number of carbonyl (C=O) groups excluding carboxylic acids is 1. The number of rotatable bonds is 3. The van der Waals surface area contributed by atoms with Crippen LogP contribution in [-0.2, 0) is 11.3 Å². The minimum Gasteiger partial charge on any atom is -0.326 e. The van der Waals surface area contributed by atoms with E-state index in [0.29, 0.717) is 23.7 Å². The van der Waals surface area contributed by atoms with Gasteiger partial charge in [-0.05, 0) is 17.7 Å². The molecule has 0 bridgehead atoms. The Labute approximate surface area is 88.2 Å². The van der Waals surface area contributed by atoms with Crippen LogP contribution in [0.2, 0.25) is 5.02 Å². The summed E-state index contributed by atoms with van der Waals surface area (Å²) in [6.45, 7) is 2.20. The molecular weight excluding hydrogens is 200 g/mol. The van der Waals surface area contributed by atoms with Gasteiger partial charge in [0.15, 0.2) is 0 Å². The molecule has 0 saturated heterocycles. The molecule has 1 amide bonds. The van der Waals surface area contributed by atoms with Crippen LogP contribution in [0.15, 0.2) is 18.2 Å². The average molecular weight is 213 g/mol. The zero-order chi connectivity index (χ0) is 10.6. The molecule has 0 aromatic heterocycles. The lowest BCUT2D eigenvalue weighted by molar-refractivity contribution is -0.115. The van der Waals surface area contributed by atoms with E-state index in [2.05, 4.69) is 5.32 Å². The van der Waals surface area contributed by atoms with Gasteiger partial charge in [-0.15, -0.1) is 0 Å². The van der Waals surface area contributed by atoms with Crippen LogP contribution in [-0.4, -0.2) is 5.91 Å². The van der Waals surface area contributed by atoms with Crippen molar-refractivity contribution in [2.24, 2.45) is 5.73 Å². The maximum atomic E-state index is 11.1. The molecule has 3 nitrogen and oxygen atoms in total. The van der Waals surface area contributed by atoms with Gasteiger partial charge in [-0.1, -0.05) is 24.6 Å². The lowest BCUT2D eigenvalue weighted by Gasteiger charge is -2.06. The Bertz CT molecular complexity index is 339. The van der Waals surface area contributed by atoms with E-state index in [1.807, 2.05) is 6.07 Å². The monoisotopic (exact) mass is 212 g/mol. The van der Waals surface area contributed by atoms with Crippen molar-refractivity contribution in [3.8, 4) is 0 Å². The molecule has 0 atom stereocenters. The molecule has 14 heavy (non-hydrogen) atoms. The Balaban J connectivity index is 2.81. The fraction of sp³-hybridized carbons (Fsp3) is 0.300. The van der Waals surface area contributed by atoms with Crippen LogP contribution in [0.1, 0.15) is 18.9 Å². The summed E-state index contributed by atoms with van der Waals surface area (Å²) in [4.78, 5) is 11.1. The normalized spacial score (nSPS) is 9.93. The molecule has 1 aromatic rings. The van der Waals surface area contributed by atoms with Crippen molar-refractivity contribution in [2.75, 3.05) is 5.32 Å². The van der Waals surface area contributed by atoms with Crippen LogP contribution in [0, 0.1) is 0 Å². The van der Waals surface area contributed by atoms with Gasteiger partial charge in [0.2, 0.25) is 5.91 Å². The molecule has 0 saturated carbocycles. The van der Waals surface area contributed by atoms with Gasteiger partial charge >= 0.3 is 0 Å². The lowest BCUT2D eigenvalue weighted by Crippen LogP contribution is -2.09. The van der Waals surface area contributed by atoms with Gasteiger partial charge in [-0.2, -0.15) is 0 Å². The van der Waals surface area contributed by atoms with E-state index in [-0.39, 0.29) is 5.91 Å². The lowest BCUT2D eigenvalue weighted by atomic mass is 10.2. The quantitative estimate of drug-likeness (QED) is 0.807. The second-order valence-electron chi connectivity index (χ2n) is 2.91. The maximum Gasteiger partial charge on any atom is 0.224 e. The summed E-state index contributed by atoms with van der Waals surface area (Å²) in [5, 5.41) is 3.30. The summed E-state index contributed by atoms with van der Waals surface area (Å²) in [5.41, 5.74) is 7.04. The number of hydrogen-bond donors (Lipinski definition) is 2. The van der Waals surface area contributed by atoms with E-state index in [1.54, 1.807) is 19.1 Å². The Morgan fingerprint density at radius 2 is 2.29 bits per heavy atom. The molecule has 0 unspecified atom stereocenters. The largest absolute Gasteiger partial charge is 0.326 e. The Morgan fingerprint density at radius 3 is 2.79 bits per heavy atom. The summed E-state index contributed by atoms with van der Waals surface area (Å²) in [6.07, 6.45) is 0.455. The van der Waals surface area contributed by atoms with Crippen molar-refractivity contribution in [1.29, 1.82) is 0 Å². The number of amides is 1. The molecule has 0 radical (unpaired) electrons. The number of nitrogens with one attached hydrogen (secondary N) is 1. The van der Waals surface area contributed by atoms with Crippen LogP contribution < -0.4 is 11.1 Å². The highest BCUT2D eigenvalue weighted by Crippen LogP contribution is 2.20. The molecule has 1 rings (SSSR count). The molecule has 1 aromatic carbocycles. The minimum atomic E-state index is -0.0263. The maximum absolute atomic E-state index is 11.1. The van der Waals surface area contributed by atoms with E-state index in [0.717, 1.165) is 5.56 Å². The predicted molar refractivity (Wildman–Crippen MR) is 58.3 cm³/mol. The fourth-order valence-corrected chi connectivity index (χ4v) is 1.30. The molecule has 3 N–H and O–H groups in total. The summed E-state index contributed by atoms with van der Waals surface area (Å²) >= 11 is 5.92. The first-order valence-corrected chi connectivity index (χ1v) is 4.83. The van der Waals surface area contributed by atoms with E-state index in [4.69, 9.17) is 17.3 Å². The highest BCUT2D eigenvalue weighted by atomic mass is 35.5. The van der Waals surface area contributed by atoms with Crippen molar-refractivity contribution in [2.45, 2.75) is 19.9 Å². The molecule has 4 heteroatoms. The first-order valence-electron chi connectivity index (χ1n) is 4.45. The minimum absolute atomic E-state index is 0.0263. The smallest absolute Gasteiger partial charge is 0.224 e. The Morgan fingerprint density at radius 1 is 1.57 bits per heavy atom. The number of carbonyl (C=O) groups is 1. The summed E-state index contributed by atoms with van der Waals surface area (Å²) in [5.74, 6) is -0.0263. The predicted octanol–water partition coefficient (Wildman–Crippen LogP) is 2.15. The molecular formula is C10H13ClN2O. The van der Waals surface area contributed by atoms with Gasteiger partial charge in [0.1, 0.15) is 0 Å². The fourth-order valence-electron chi connectivity index (χ4n) is 1.04. The second kappa shape index (κ2) is 4.98. The van der Waals surface area contributed by atoms with E-state index in [1.165, 1.54) is 0 Å².